The van der Waals surface area contributed by atoms with Crippen LogP contribution in [0.1, 0.15) is 22.3 Å². The van der Waals surface area contributed by atoms with Crippen LogP contribution in [0.25, 0.3) is 0 Å². The summed E-state index contributed by atoms with van der Waals surface area (Å²) in [6, 6.07) is 2.48. The monoisotopic (exact) mass is 243 g/mol. The van der Waals surface area contributed by atoms with Gasteiger partial charge in [0.25, 0.3) is 0 Å². The van der Waals surface area contributed by atoms with Crippen molar-refractivity contribution in [3.8, 4) is 5.75 Å². The Morgan fingerprint density at radius 1 is 1.56 bits per heavy atom. The van der Waals surface area contributed by atoms with Crippen molar-refractivity contribution >= 4 is 23.1 Å². The third kappa shape index (κ3) is 2.49. The summed E-state index contributed by atoms with van der Waals surface area (Å²) in [5.41, 5.74) is 0.0349. The van der Waals surface area contributed by atoms with Crippen LogP contribution in [-0.2, 0) is 0 Å². The van der Waals surface area contributed by atoms with Crippen LogP contribution in [0.3, 0.4) is 0 Å². The topological polar surface area (TPSA) is 80.4 Å². The van der Waals surface area contributed by atoms with Crippen molar-refractivity contribution in [3.05, 3.63) is 33.4 Å². The fraction of sp³-hybridized carbons (Fsp3) is 0.300. The molecule has 1 aromatic carbocycles. The van der Waals surface area contributed by atoms with Gasteiger partial charge in [-0.25, -0.2) is 0 Å². The smallest absolute Gasteiger partial charge is 0.311 e. The van der Waals surface area contributed by atoms with Crippen molar-refractivity contribution in [2.45, 2.75) is 13.3 Å². The van der Waals surface area contributed by atoms with Gasteiger partial charge in [-0.2, -0.15) is 0 Å². The highest BCUT2D eigenvalue weighted by Gasteiger charge is 2.19. The number of nitro benzene ring substituents is 1. The van der Waals surface area contributed by atoms with Crippen molar-refractivity contribution in [2.75, 3.05) is 5.88 Å². The number of hydrogen-bond donors (Lipinski definition) is 1. The number of nitrogens with zero attached hydrogens (tertiary/aromatic N) is 1. The van der Waals surface area contributed by atoms with Gasteiger partial charge < -0.3 is 5.11 Å². The molecule has 0 amide bonds. The number of carbonyl (C=O) groups excluding carboxylic acids is 1. The molecule has 0 bridgehead atoms. The molecule has 0 atom stereocenters. The van der Waals surface area contributed by atoms with E-state index in [1.54, 1.807) is 0 Å². The first kappa shape index (κ1) is 12.4. The number of nitro groups is 1. The Balaban J connectivity index is 3.24. The molecule has 5 nitrogen and oxygen atoms in total. The molecule has 0 aliphatic carbocycles. The van der Waals surface area contributed by atoms with E-state index in [1.165, 1.54) is 13.0 Å². The Labute approximate surface area is 96.8 Å². The van der Waals surface area contributed by atoms with Gasteiger partial charge in [0.1, 0.15) is 0 Å². The minimum absolute atomic E-state index is 0.114. The summed E-state index contributed by atoms with van der Waals surface area (Å²) in [7, 11) is 0. The molecule has 0 spiro atoms. The number of alkyl halides is 1. The molecular formula is C10H10ClNO4. The molecule has 0 unspecified atom stereocenters. The molecular weight excluding hydrogens is 234 g/mol. The van der Waals surface area contributed by atoms with E-state index < -0.39 is 16.4 Å². The van der Waals surface area contributed by atoms with Crippen molar-refractivity contribution in [1.82, 2.24) is 0 Å². The van der Waals surface area contributed by atoms with Crippen LogP contribution in [0.2, 0.25) is 0 Å². The molecule has 0 radical (unpaired) electrons. The second-order valence-corrected chi connectivity index (χ2v) is 3.66. The van der Waals surface area contributed by atoms with E-state index in [-0.39, 0.29) is 23.6 Å². The quantitative estimate of drug-likeness (QED) is 0.381. The second kappa shape index (κ2) is 4.94. The average molecular weight is 244 g/mol. The molecule has 16 heavy (non-hydrogen) atoms. The summed E-state index contributed by atoms with van der Waals surface area (Å²) in [6.45, 7) is 1.50. The van der Waals surface area contributed by atoms with Gasteiger partial charge in [0.2, 0.25) is 0 Å². The molecule has 1 N–H and O–H groups in total. The number of aromatic hydroxyl groups is 1. The maximum atomic E-state index is 11.5. The van der Waals surface area contributed by atoms with E-state index in [0.29, 0.717) is 5.56 Å². The van der Waals surface area contributed by atoms with Crippen LogP contribution in [0.15, 0.2) is 12.1 Å². The van der Waals surface area contributed by atoms with Gasteiger partial charge in [0.15, 0.2) is 11.5 Å². The first-order valence-corrected chi connectivity index (χ1v) is 5.08. The Kier molecular flexibility index (Phi) is 3.84. The highest BCUT2D eigenvalue weighted by Crippen LogP contribution is 2.31. The minimum Gasteiger partial charge on any atom is -0.502 e. The Morgan fingerprint density at radius 2 is 2.19 bits per heavy atom. The molecule has 1 aromatic rings. The predicted molar refractivity (Wildman–Crippen MR) is 59.2 cm³/mol. The van der Waals surface area contributed by atoms with E-state index in [1.807, 2.05) is 0 Å². The highest BCUT2D eigenvalue weighted by molar-refractivity contribution is 6.19. The van der Waals surface area contributed by atoms with Gasteiger partial charge in [-0.15, -0.1) is 11.6 Å². The summed E-state index contributed by atoms with van der Waals surface area (Å²) in [4.78, 5) is 21.4. The number of hydrogen-bond acceptors (Lipinski definition) is 4. The van der Waals surface area contributed by atoms with Gasteiger partial charge in [0, 0.05) is 23.9 Å². The summed E-state index contributed by atoms with van der Waals surface area (Å²) < 4.78 is 0. The number of rotatable bonds is 4. The van der Waals surface area contributed by atoms with Gasteiger partial charge in [-0.05, 0) is 18.6 Å². The number of ketones is 1. The summed E-state index contributed by atoms with van der Waals surface area (Å²) in [5.74, 6) is -0.527. The summed E-state index contributed by atoms with van der Waals surface area (Å²) >= 11 is 5.42. The third-order valence-corrected chi connectivity index (χ3v) is 2.31. The second-order valence-electron chi connectivity index (χ2n) is 3.28. The van der Waals surface area contributed by atoms with Crippen molar-refractivity contribution in [2.24, 2.45) is 0 Å². The number of phenols is 1. The zero-order valence-corrected chi connectivity index (χ0v) is 9.32. The number of carbonyl (C=O) groups is 1. The average Bonchev–Trinajstić information content (AvgIpc) is 2.21. The molecule has 0 fully saturated rings. The number of phenolic OH excluding ortho intramolecular Hbond substituents is 1. The van der Waals surface area contributed by atoms with E-state index in [2.05, 4.69) is 0 Å². The molecule has 0 saturated heterocycles. The van der Waals surface area contributed by atoms with Crippen LogP contribution >= 0.6 is 11.6 Å². The zero-order chi connectivity index (χ0) is 12.3. The Bertz CT molecular complexity index is 445. The van der Waals surface area contributed by atoms with Gasteiger partial charge >= 0.3 is 5.69 Å². The lowest BCUT2D eigenvalue weighted by Gasteiger charge is -2.04. The number of Topliss-reactive ketones (excluding diaryl/α,β-unsaturated/α-hetero) is 1. The van der Waals surface area contributed by atoms with E-state index in [9.17, 15) is 20.0 Å². The summed E-state index contributed by atoms with van der Waals surface area (Å²) in [6.07, 6.45) is 0.114. The molecule has 0 saturated carbocycles. The van der Waals surface area contributed by atoms with Crippen LogP contribution in [0.5, 0.6) is 5.75 Å². The van der Waals surface area contributed by atoms with Gasteiger partial charge in [-0.3, -0.25) is 14.9 Å². The molecule has 0 aromatic heterocycles. The molecule has 0 aliphatic rings. The lowest BCUT2D eigenvalue weighted by Crippen LogP contribution is -2.02. The summed E-state index contributed by atoms with van der Waals surface area (Å²) in [5, 5.41) is 20.0. The molecule has 0 heterocycles. The maximum absolute atomic E-state index is 11.5. The van der Waals surface area contributed by atoms with E-state index in [0.717, 1.165) is 6.07 Å². The largest absolute Gasteiger partial charge is 0.502 e. The van der Waals surface area contributed by atoms with E-state index >= 15 is 0 Å². The first-order valence-electron chi connectivity index (χ1n) is 4.54. The zero-order valence-electron chi connectivity index (χ0n) is 8.57. The van der Waals surface area contributed by atoms with Crippen LogP contribution < -0.4 is 0 Å². The van der Waals surface area contributed by atoms with Crippen LogP contribution in [0.4, 0.5) is 5.69 Å². The maximum Gasteiger partial charge on any atom is 0.311 e. The Morgan fingerprint density at radius 3 is 2.69 bits per heavy atom. The van der Waals surface area contributed by atoms with Crippen molar-refractivity contribution < 1.29 is 14.8 Å². The first-order chi connectivity index (χ1) is 7.47. The molecule has 1 rings (SSSR count). The highest BCUT2D eigenvalue weighted by atomic mass is 35.5. The SMILES string of the molecule is Cc1cc(C(=O)CCCl)cc([N+](=O)[O-])c1O. The number of benzene rings is 1. The van der Waals surface area contributed by atoms with Crippen LogP contribution in [-0.4, -0.2) is 21.7 Å². The fourth-order valence-electron chi connectivity index (χ4n) is 1.29. The molecule has 0 aliphatic heterocycles. The lowest BCUT2D eigenvalue weighted by molar-refractivity contribution is -0.385. The van der Waals surface area contributed by atoms with Gasteiger partial charge in [0.05, 0.1) is 4.92 Å². The van der Waals surface area contributed by atoms with Gasteiger partial charge in [-0.1, -0.05) is 0 Å². The normalized spacial score (nSPS) is 10.1. The molecule has 86 valence electrons. The number of halogens is 1. The lowest BCUT2D eigenvalue weighted by atomic mass is 10.0. The van der Waals surface area contributed by atoms with E-state index in [4.69, 9.17) is 11.6 Å². The van der Waals surface area contributed by atoms with Crippen molar-refractivity contribution in [1.29, 1.82) is 0 Å². The molecule has 6 heteroatoms. The predicted octanol–water partition coefficient (Wildman–Crippen LogP) is 2.42. The fourth-order valence-corrected chi connectivity index (χ4v) is 1.46. The third-order valence-electron chi connectivity index (χ3n) is 2.12. The van der Waals surface area contributed by atoms with Crippen molar-refractivity contribution in [3.63, 3.8) is 0 Å². The minimum atomic E-state index is -0.722. The Hall–Kier alpha value is -1.62. The number of aryl methyl sites for hydroxylation is 1. The standard InChI is InChI=1S/C10H10ClNO4/c1-6-4-7(9(13)2-3-11)5-8(10(6)14)12(15)16/h4-5,14H,2-3H2,1H3. The van der Waals surface area contributed by atoms with Crippen LogP contribution in [0, 0.1) is 17.0 Å².